The molecule has 0 saturated carbocycles. The Morgan fingerprint density at radius 3 is 2.75 bits per heavy atom. The maximum Gasteiger partial charge on any atom is 0.338 e. The number of carboxylic acid groups (broad SMARTS) is 1. The molecular formula is C15H15NO4. The van der Waals surface area contributed by atoms with Gasteiger partial charge in [0, 0.05) is 12.5 Å². The highest BCUT2D eigenvalue weighted by Crippen LogP contribution is 2.15. The van der Waals surface area contributed by atoms with Gasteiger partial charge in [0.1, 0.15) is 0 Å². The number of esters is 1. The molecule has 0 fully saturated rings. The average Bonchev–Trinajstić information content (AvgIpc) is 2.43. The number of carbonyl (C=O) groups excluding carboxylic acids is 1. The van der Waals surface area contributed by atoms with Gasteiger partial charge in [-0.3, -0.25) is 0 Å². The normalized spacial score (nSPS) is 10.2. The molecule has 0 radical (unpaired) electrons. The number of hydrogen-bond donors (Lipinski definition) is 1. The molecule has 5 heteroatoms. The van der Waals surface area contributed by atoms with Crippen LogP contribution in [0, 0.1) is 11.3 Å². The van der Waals surface area contributed by atoms with Gasteiger partial charge in [0.25, 0.3) is 0 Å². The predicted molar refractivity (Wildman–Crippen MR) is 73.0 cm³/mol. The van der Waals surface area contributed by atoms with Crippen molar-refractivity contribution in [1.29, 1.82) is 5.26 Å². The lowest BCUT2D eigenvalue weighted by molar-refractivity contribution is -0.131. The van der Waals surface area contributed by atoms with Crippen LogP contribution < -0.4 is 0 Å². The minimum atomic E-state index is -1.06. The monoisotopic (exact) mass is 273 g/mol. The largest absolute Gasteiger partial charge is 0.478 e. The van der Waals surface area contributed by atoms with E-state index in [1.54, 1.807) is 25.1 Å². The third kappa shape index (κ3) is 4.94. The quantitative estimate of drug-likeness (QED) is 0.635. The lowest BCUT2D eigenvalue weighted by Gasteiger charge is -2.06. The van der Waals surface area contributed by atoms with Crippen molar-refractivity contribution in [2.24, 2.45) is 0 Å². The molecule has 0 saturated heterocycles. The summed E-state index contributed by atoms with van der Waals surface area (Å²) in [6.07, 6.45) is 3.23. The molecule has 0 aromatic heterocycles. The van der Waals surface area contributed by atoms with Crippen LogP contribution in [0.2, 0.25) is 0 Å². The second-order valence-corrected chi connectivity index (χ2v) is 4.01. The van der Waals surface area contributed by atoms with E-state index in [2.05, 4.69) is 0 Å². The standard InChI is InChI=1S/C15H15NO4/c1-2-20-15(19)13-9-11(4-3-7-16)8-12(10-13)5-6-14(17)18/h5-6,8-10H,2-4H2,1H3,(H,17,18)/b6-5+. The van der Waals surface area contributed by atoms with Gasteiger partial charge < -0.3 is 9.84 Å². The van der Waals surface area contributed by atoms with Crippen molar-refractivity contribution >= 4 is 18.0 Å². The Morgan fingerprint density at radius 2 is 2.15 bits per heavy atom. The third-order valence-corrected chi connectivity index (χ3v) is 2.47. The molecule has 0 aliphatic rings. The number of benzene rings is 1. The van der Waals surface area contributed by atoms with E-state index in [1.807, 2.05) is 6.07 Å². The van der Waals surface area contributed by atoms with Gasteiger partial charge in [0.2, 0.25) is 0 Å². The zero-order valence-electron chi connectivity index (χ0n) is 11.1. The molecule has 1 N–H and O–H groups in total. The minimum absolute atomic E-state index is 0.265. The smallest absolute Gasteiger partial charge is 0.338 e. The molecule has 5 nitrogen and oxygen atoms in total. The molecule has 0 unspecified atom stereocenters. The number of nitriles is 1. The summed E-state index contributed by atoms with van der Waals surface area (Å²) in [5, 5.41) is 17.2. The highest BCUT2D eigenvalue weighted by atomic mass is 16.5. The summed E-state index contributed by atoms with van der Waals surface area (Å²) < 4.78 is 4.92. The van der Waals surface area contributed by atoms with Gasteiger partial charge >= 0.3 is 11.9 Å². The van der Waals surface area contributed by atoms with Crippen LogP contribution in [0.4, 0.5) is 0 Å². The summed E-state index contributed by atoms with van der Waals surface area (Å²) in [4.78, 5) is 22.3. The van der Waals surface area contributed by atoms with Crippen LogP contribution >= 0.6 is 0 Å². The molecule has 0 bridgehead atoms. The van der Waals surface area contributed by atoms with Crippen LogP contribution in [0.15, 0.2) is 24.3 Å². The Morgan fingerprint density at radius 1 is 1.40 bits per heavy atom. The maximum absolute atomic E-state index is 11.7. The Balaban J connectivity index is 3.10. The van der Waals surface area contributed by atoms with Gasteiger partial charge in [-0.25, -0.2) is 9.59 Å². The van der Waals surface area contributed by atoms with E-state index in [1.165, 1.54) is 6.08 Å². The number of aryl methyl sites for hydroxylation is 1. The van der Waals surface area contributed by atoms with Crippen molar-refractivity contribution in [2.75, 3.05) is 6.61 Å². The number of hydrogen-bond acceptors (Lipinski definition) is 4. The zero-order chi connectivity index (χ0) is 15.0. The zero-order valence-corrected chi connectivity index (χ0v) is 11.1. The van der Waals surface area contributed by atoms with Crippen LogP contribution in [0.3, 0.4) is 0 Å². The molecule has 1 aromatic carbocycles. The number of carboxylic acids is 1. The van der Waals surface area contributed by atoms with E-state index in [0.29, 0.717) is 24.0 Å². The first-order valence-corrected chi connectivity index (χ1v) is 6.16. The number of nitrogens with zero attached hydrogens (tertiary/aromatic N) is 1. The number of ether oxygens (including phenoxy) is 1. The van der Waals surface area contributed by atoms with E-state index < -0.39 is 11.9 Å². The fraction of sp³-hybridized carbons (Fsp3) is 0.267. The van der Waals surface area contributed by atoms with Crippen LogP contribution in [0.1, 0.15) is 34.8 Å². The molecule has 104 valence electrons. The van der Waals surface area contributed by atoms with Crippen molar-refractivity contribution < 1.29 is 19.4 Å². The van der Waals surface area contributed by atoms with Crippen molar-refractivity contribution in [3.05, 3.63) is 41.0 Å². The van der Waals surface area contributed by atoms with Gasteiger partial charge in [-0.1, -0.05) is 6.07 Å². The molecule has 0 spiro atoms. The highest BCUT2D eigenvalue weighted by molar-refractivity contribution is 5.91. The SMILES string of the molecule is CCOC(=O)c1cc(/C=C/C(=O)O)cc(CCC#N)c1. The van der Waals surface area contributed by atoms with Crippen LogP contribution in [0.25, 0.3) is 6.08 Å². The molecule has 1 aromatic rings. The average molecular weight is 273 g/mol. The summed E-state index contributed by atoms with van der Waals surface area (Å²) in [5.41, 5.74) is 1.74. The summed E-state index contributed by atoms with van der Waals surface area (Å²) in [6, 6.07) is 7.00. The van der Waals surface area contributed by atoms with Crippen LogP contribution in [0.5, 0.6) is 0 Å². The van der Waals surface area contributed by atoms with Crippen molar-refractivity contribution in [3.8, 4) is 6.07 Å². The van der Waals surface area contributed by atoms with Crippen molar-refractivity contribution in [3.63, 3.8) is 0 Å². The Kier molecular flexibility index (Phi) is 5.98. The molecule has 0 atom stereocenters. The van der Waals surface area contributed by atoms with Crippen molar-refractivity contribution in [2.45, 2.75) is 19.8 Å². The van der Waals surface area contributed by atoms with Gasteiger partial charge in [-0.15, -0.1) is 0 Å². The molecule has 20 heavy (non-hydrogen) atoms. The van der Waals surface area contributed by atoms with E-state index in [-0.39, 0.29) is 6.61 Å². The predicted octanol–water partition coefficient (Wildman–Crippen LogP) is 2.42. The van der Waals surface area contributed by atoms with E-state index in [4.69, 9.17) is 15.1 Å². The maximum atomic E-state index is 11.7. The number of rotatable bonds is 6. The summed E-state index contributed by atoms with van der Waals surface area (Å²) in [6.45, 7) is 1.98. The molecule has 1 rings (SSSR count). The highest BCUT2D eigenvalue weighted by Gasteiger charge is 2.09. The van der Waals surface area contributed by atoms with Gasteiger partial charge in [0.15, 0.2) is 0 Å². The topological polar surface area (TPSA) is 87.4 Å². The van der Waals surface area contributed by atoms with Gasteiger partial charge in [-0.05, 0) is 42.7 Å². The first-order valence-electron chi connectivity index (χ1n) is 6.16. The third-order valence-electron chi connectivity index (χ3n) is 2.47. The summed E-state index contributed by atoms with van der Waals surface area (Å²) in [7, 11) is 0. The molecule has 0 aliphatic carbocycles. The summed E-state index contributed by atoms with van der Waals surface area (Å²) >= 11 is 0. The fourth-order valence-electron chi connectivity index (χ4n) is 1.66. The summed E-state index contributed by atoms with van der Waals surface area (Å²) in [5.74, 6) is -1.53. The van der Waals surface area contributed by atoms with Crippen LogP contribution in [-0.4, -0.2) is 23.7 Å². The second-order valence-electron chi connectivity index (χ2n) is 4.01. The number of carbonyl (C=O) groups is 2. The molecular weight excluding hydrogens is 258 g/mol. The molecule has 0 aliphatic heterocycles. The first-order chi connectivity index (χ1) is 9.56. The van der Waals surface area contributed by atoms with Gasteiger partial charge in [0.05, 0.1) is 18.2 Å². The van der Waals surface area contributed by atoms with Crippen molar-refractivity contribution in [1.82, 2.24) is 0 Å². The second kappa shape index (κ2) is 7.74. The lowest BCUT2D eigenvalue weighted by atomic mass is 10.0. The van der Waals surface area contributed by atoms with Crippen LogP contribution in [-0.2, 0) is 16.0 Å². The van der Waals surface area contributed by atoms with E-state index in [0.717, 1.165) is 11.6 Å². The Labute approximate surface area is 117 Å². The Bertz CT molecular complexity index is 570. The number of aliphatic carboxylic acids is 1. The first kappa shape index (κ1) is 15.4. The van der Waals surface area contributed by atoms with E-state index >= 15 is 0 Å². The fourth-order valence-corrected chi connectivity index (χ4v) is 1.66. The van der Waals surface area contributed by atoms with Gasteiger partial charge in [-0.2, -0.15) is 5.26 Å². The Hall–Kier alpha value is -2.61. The molecule has 0 amide bonds. The molecule has 0 heterocycles. The lowest BCUT2D eigenvalue weighted by Crippen LogP contribution is -2.05. The van der Waals surface area contributed by atoms with E-state index in [9.17, 15) is 9.59 Å². The minimum Gasteiger partial charge on any atom is -0.478 e.